The third-order valence-corrected chi connectivity index (χ3v) is 3.43. The van der Waals surface area contributed by atoms with Crippen molar-refractivity contribution >= 4 is 5.69 Å². The molecule has 2 aromatic heterocycles. The molecule has 5 nitrogen and oxygen atoms in total. The monoisotopic (exact) mass is 286 g/mol. The molecule has 0 atom stereocenters. The number of hydrogen-bond donors (Lipinski definition) is 1. The number of likely N-dealkylation sites (N-methyl/N-ethyl adjacent to an activating group) is 1. The predicted molar refractivity (Wildman–Crippen MR) is 83.3 cm³/mol. The van der Waals surface area contributed by atoms with Gasteiger partial charge in [0.05, 0.1) is 24.2 Å². The van der Waals surface area contributed by atoms with Crippen LogP contribution in [0, 0.1) is 0 Å². The number of pyridine rings is 1. The number of hydrogen-bond acceptors (Lipinski definition) is 5. The molecule has 0 unspecified atom stereocenters. The Morgan fingerprint density at radius 1 is 1.24 bits per heavy atom. The lowest BCUT2D eigenvalue weighted by Gasteiger charge is -2.21. The molecule has 5 heteroatoms. The average Bonchev–Trinajstić information content (AvgIpc) is 2.52. The molecule has 21 heavy (non-hydrogen) atoms. The highest BCUT2D eigenvalue weighted by molar-refractivity contribution is 5.48. The Bertz CT molecular complexity index is 572. The Kier molecular flexibility index (Phi) is 5.22. The lowest BCUT2D eigenvalue weighted by molar-refractivity contribution is 0.276. The first kappa shape index (κ1) is 15.4. The van der Waals surface area contributed by atoms with E-state index in [0.29, 0.717) is 5.69 Å². The van der Waals surface area contributed by atoms with Crippen molar-refractivity contribution in [2.75, 3.05) is 18.5 Å². The van der Waals surface area contributed by atoms with Crippen LogP contribution >= 0.6 is 0 Å². The molecule has 0 saturated carbocycles. The largest absolute Gasteiger partial charge is 0.390 e. The van der Waals surface area contributed by atoms with Gasteiger partial charge >= 0.3 is 0 Å². The summed E-state index contributed by atoms with van der Waals surface area (Å²) >= 11 is 0. The fraction of sp³-hybridized carbons (Fsp3) is 0.438. The first-order valence-electron chi connectivity index (χ1n) is 7.18. The summed E-state index contributed by atoms with van der Waals surface area (Å²) in [4.78, 5) is 14.9. The molecule has 0 aliphatic heterocycles. The first-order valence-corrected chi connectivity index (χ1v) is 7.18. The van der Waals surface area contributed by atoms with E-state index in [0.717, 1.165) is 24.5 Å². The molecule has 0 aliphatic carbocycles. The molecule has 0 saturated heterocycles. The van der Waals surface area contributed by atoms with Crippen LogP contribution in [0.15, 0.2) is 30.7 Å². The molecule has 0 bridgehead atoms. The van der Waals surface area contributed by atoms with Crippen molar-refractivity contribution in [1.29, 1.82) is 0 Å². The van der Waals surface area contributed by atoms with E-state index < -0.39 is 0 Å². The van der Waals surface area contributed by atoms with Crippen LogP contribution < -0.4 is 4.90 Å². The van der Waals surface area contributed by atoms with E-state index >= 15 is 0 Å². The van der Waals surface area contributed by atoms with Gasteiger partial charge in [0.25, 0.3) is 0 Å². The molecule has 0 amide bonds. The van der Waals surface area contributed by atoms with Gasteiger partial charge in [0, 0.05) is 31.9 Å². The maximum Gasteiger partial charge on any atom is 0.131 e. The lowest BCUT2D eigenvalue weighted by atomic mass is 10.2. The molecule has 112 valence electrons. The molecule has 0 aliphatic rings. The number of aliphatic hydroxyl groups excluding tert-OH is 1. The second-order valence-electron chi connectivity index (χ2n) is 5.40. The number of rotatable bonds is 6. The van der Waals surface area contributed by atoms with Crippen molar-refractivity contribution in [2.45, 2.75) is 32.8 Å². The van der Waals surface area contributed by atoms with Crippen molar-refractivity contribution in [1.82, 2.24) is 15.0 Å². The van der Waals surface area contributed by atoms with E-state index in [2.05, 4.69) is 19.9 Å². The van der Waals surface area contributed by atoms with Crippen molar-refractivity contribution in [3.05, 3.63) is 47.8 Å². The topological polar surface area (TPSA) is 62.1 Å². The summed E-state index contributed by atoms with van der Waals surface area (Å²) in [6.07, 6.45) is 6.32. The van der Waals surface area contributed by atoms with Crippen molar-refractivity contribution in [3.63, 3.8) is 0 Å². The van der Waals surface area contributed by atoms with Crippen molar-refractivity contribution in [3.8, 4) is 0 Å². The van der Waals surface area contributed by atoms with E-state index in [1.54, 1.807) is 18.6 Å². The minimum atomic E-state index is -0.0723. The minimum Gasteiger partial charge on any atom is -0.390 e. The molecule has 0 fully saturated rings. The van der Waals surface area contributed by atoms with Gasteiger partial charge in [-0.05, 0) is 24.1 Å². The highest BCUT2D eigenvalue weighted by atomic mass is 16.3. The molecule has 0 aromatic carbocycles. The summed E-state index contributed by atoms with van der Waals surface area (Å²) in [5.74, 6) is 1.02. The SMILES string of the molecule is CC(C)c1ncc(N(C)CCc2ccncc2)c(CO)n1. The van der Waals surface area contributed by atoms with E-state index in [1.165, 1.54) is 5.56 Å². The molecule has 0 spiro atoms. The van der Waals surface area contributed by atoms with Crippen LogP contribution in [0.4, 0.5) is 5.69 Å². The fourth-order valence-corrected chi connectivity index (χ4v) is 2.11. The second kappa shape index (κ2) is 7.13. The van der Waals surface area contributed by atoms with Crippen LogP contribution in [0.5, 0.6) is 0 Å². The summed E-state index contributed by atoms with van der Waals surface area (Å²) in [5.41, 5.74) is 2.81. The van der Waals surface area contributed by atoms with Gasteiger partial charge in [-0.2, -0.15) is 0 Å². The Labute approximate surface area is 125 Å². The Hall–Kier alpha value is -2.01. The fourth-order valence-electron chi connectivity index (χ4n) is 2.11. The van der Waals surface area contributed by atoms with E-state index in [9.17, 15) is 5.11 Å². The molecule has 2 heterocycles. The summed E-state index contributed by atoms with van der Waals surface area (Å²) < 4.78 is 0. The first-order chi connectivity index (χ1) is 10.1. The molecule has 2 aromatic rings. The van der Waals surface area contributed by atoms with Gasteiger partial charge in [-0.3, -0.25) is 4.98 Å². The zero-order valence-electron chi connectivity index (χ0n) is 12.8. The van der Waals surface area contributed by atoms with Crippen LogP contribution in [0.3, 0.4) is 0 Å². The van der Waals surface area contributed by atoms with Gasteiger partial charge in [0.15, 0.2) is 0 Å². The zero-order valence-corrected chi connectivity index (χ0v) is 12.8. The van der Waals surface area contributed by atoms with Gasteiger partial charge in [-0.25, -0.2) is 9.97 Å². The third-order valence-electron chi connectivity index (χ3n) is 3.43. The van der Waals surface area contributed by atoms with E-state index in [4.69, 9.17) is 0 Å². The normalized spacial score (nSPS) is 10.9. The van der Waals surface area contributed by atoms with Crippen LogP contribution in [0.25, 0.3) is 0 Å². The second-order valence-corrected chi connectivity index (χ2v) is 5.40. The number of nitrogens with zero attached hydrogens (tertiary/aromatic N) is 4. The third kappa shape index (κ3) is 3.98. The lowest BCUT2D eigenvalue weighted by Crippen LogP contribution is -2.23. The number of aromatic nitrogens is 3. The Morgan fingerprint density at radius 3 is 2.57 bits per heavy atom. The van der Waals surface area contributed by atoms with E-state index in [-0.39, 0.29) is 12.5 Å². The Morgan fingerprint density at radius 2 is 1.95 bits per heavy atom. The summed E-state index contributed by atoms with van der Waals surface area (Å²) in [7, 11) is 1.99. The van der Waals surface area contributed by atoms with Gasteiger partial charge in [-0.15, -0.1) is 0 Å². The standard InChI is InChI=1S/C16H22N4O/c1-12(2)16-18-10-15(14(11-21)19-16)20(3)9-6-13-4-7-17-8-5-13/h4-5,7-8,10,12,21H,6,9,11H2,1-3H3. The highest BCUT2D eigenvalue weighted by Crippen LogP contribution is 2.19. The number of anilines is 1. The van der Waals surface area contributed by atoms with Crippen molar-refractivity contribution < 1.29 is 5.11 Å². The minimum absolute atomic E-state index is 0.0723. The molecule has 1 N–H and O–H groups in total. The predicted octanol–water partition coefficient (Wildman–Crippen LogP) is 2.17. The highest BCUT2D eigenvalue weighted by Gasteiger charge is 2.12. The van der Waals surface area contributed by atoms with Crippen LogP contribution in [0.2, 0.25) is 0 Å². The quantitative estimate of drug-likeness (QED) is 0.881. The Balaban J connectivity index is 2.09. The van der Waals surface area contributed by atoms with Crippen LogP contribution in [0.1, 0.15) is 36.8 Å². The molecule has 0 radical (unpaired) electrons. The van der Waals surface area contributed by atoms with Crippen molar-refractivity contribution in [2.24, 2.45) is 0 Å². The average molecular weight is 286 g/mol. The maximum atomic E-state index is 9.53. The van der Waals surface area contributed by atoms with Gasteiger partial charge < -0.3 is 10.0 Å². The van der Waals surface area contributed by atoms with Crippen LogP contribution in [-0.2, 0) is 13.0 Å². The smallest absolute Gasteiger partial charge is 0.131 e. The zero-order chi connectivity index (χ0) is 15.2. The summed E-state index contributed by atoms with van der Waals surface area (Å²) in [6, 6.07) is 4.03. The van der Waals surface area contributed by atoms with Gasteiger partial charge in [-0.1, -0.05) is 13.8 Å². The molecular formula is C16H22N4O. The summed E-state index contributed by atoms with van der Waals surface area (Å²) in [6.45, 7) is 4.85. The molecule has 2 rings (SSSR count). The maximum absolute atomic E-state index is 9.53. The summed E-state index contributed by atoms with van der Waals surface area (Å²) in [5, 5.41) is 9.53. The van der Waals surface area contributed by atoms with Gasteiger partial charge in [0.1, 0.15) is 5.82 Å². The number of aliphatic hydroxyl groups is 1. The molecular weight excluding hydrogens is 264 g/mol. The van der Waals surface area contributed by atoms with Crippen LogP contribution in [-0.4, -0.2) is 33.7 Å². The van der Waals surface area contributed by atoms with Gasteiger partial charge in [0.2, 0.25) is 0 Å². The van der Waals surface area contributed by atoms with E-state index in [1.807, 2.05) is 33.0 Å².